The minimum absolute atomic E-state index is 0.166. The molecule has 0 aromatic rings. The Bertz CT molecular complexity index is 608. The van der Waals surface area contributed by atoms with E-state index in [1.807, 2.05) is 0 Å². The molecule has 0 aliphatic heterocycles. The molecule has 0 aliphatic rings. The summed E-state index contributed by atoms with van der Waals surface area (Å²) in [5, 5.41) is 0. The molecule has 0 radical (unpaired) electrons. The van der Waals surface area contributed by atoms with Gasteiger partial charge in [0.05, 0.1) is 22.4 Å². The van der Waals surface area contributed by atoms with Crippen molar-refractivity contribution in [3.8, 4) is 0 Å². The van der Waals surface area contributed by atoms with Gasteiger partial charge in [-0.1, -0.05) is 27.7 Å². The quantitative estimate of drug-likeness (QED) is 0.283. The second-order valence-electron chi connectivity index (χ2n) is 8.38. The number of hydrogen-bond acceptors (Lipinski definition) is 7. The summed E-state index contributed by atoms with van der Waals surface area (Å²) in [5.41, 5.74) is -1.22. The Kier molecular flexibility index (Phi) is 11.2. The van der Waals surface area contributed by atoms with Gasteiger partial charge in [0.25, 0.3) is 10.1 Å². The second kappa shape index (κ2) is 11.0. The van der Waals surface area contributed by atoms with Gasteiger partial charge in [-0.25, -0.2) is 0 Å². The fraction of sp³-hybridized carbons (Fsp3) is 1.00. The molecular weight excluding hydrogens is 436 g/mol. The summed E-state index contributed by atoms with van der Waals surface area (Å²) in [5.74, 6) is 0.878. The SMILES string of the molecule is CC(C)(CCS(=O)CCCS(=O)CCC(C)(C)CS(=O)(=O)O)CS(O)(O)O. The van der Waals surface area contributed by atoms with Gasteiger partial charge >= 0.3 is 0 Å². The molecule has 0 rings (SSSR count). The molecule has 0 spiro atoms. The van der Waals surface area contributed by atoms with Gasteiger partial charge in [-0.15, -0.1) is 0 Å². The van der Waals surface area contributed by atoms with E-state index in [1.54, 1.807) is 27.7 Å². The van der Waals surface area contributed by atoms with Gasteiger partial charge in [-0.3, -0.25) is 13.0 Å². The standard InChI is InChI=1S/C15H34O8S4/c1-14(2,12-26(18,19)20)6-10-24(16)8-5-9-25(17)11-7-15(3,4)13-27(21,22)23/h18-20H,5-13H2,1-4H3,(H,21,22,23). The van der Waals surface area contributed by atoms with Crippen molar-refractivity contribution in [3.63, 3.8) is 0 Å². The molecule has 0 aromatic carbocycles. The molecule has 8 nitrogen and oxygen atoms in total. The first-order chi connectivity index (χ1) is 11.9. The molecule has 0 heterocycles. The molecule has 12 heteroatoms. The van der Waals surface area contributed by atoms with E-state index < -0.39 is 53.4 Å². The molecule has 2 atom stereocenters. The summed E-state index contributed by atoms with van der Waals surface area (Å²) < 4.78 is 82.3. The second-order valence-corrected chi connectivity index (χ2v) is 14.8. The van der Waals surface area contributed by atoms with Gasteiger partial charge in [0.15, 0.2) is 0 Å². The molecular formula is C15H34O8S4. The fourth-order valence-corrected chi connectivity index (χ4v) is 7.94. The van der Waals surface area contributed by atoms with Crippen molar-refractivity contribution in [1.29, 1.82) is 0 Å². The van der Waals surface area contributed by atoms with Gasteiger partial charge in [0, 0.05) is 44.6 Å². The summed E-state index contributed by atoms with van der Waals surface area (Å²) >= 11 is 0. The van der Waals surface area contributed by atoms with Crippen molar-refractivity contribution in [3.05, 3.63) is 0 Å². The van der Waals surface area contributed by atoms with Crippen LogP contribution in [-0.4, -0.2) is 69.6 Å². The number of hydrogen-bond donors (Lipinski definition) is 4. The molecule has 0 saturated carbocycles. The van der Waals surface area contributed by atoms with Crippen molar-refractivity contribution >= 4 is 42.6 Å². The van der Waals surface area contributed by atoms with Crippen LogP contribution in [0.25, 0.3) is 0 Å². The summed E-state index contributed by atoms with van der Waals surface area (Å²) in [6.45, 7) is 6.91. The van der Waals surface area contributed by atoms with E-state index in [1.165, 1.54) is 0 Å². The topological polar surface area (TPSA) is 149 Å². The van der Waals surface area contributed by atoms with E-state index in [9.17, 15) is 16.8 Å². The van der Waals surface area contributed by atoms with Crippen LogP contribution in [0.3, 0.4) is 0 Å². The van der Waals surface area contributed by atoms with E-state index >= 15 is 0 Å². The molecule has 0 saturated heterocycles. The van der Waals surface area contributed by atoms with E-state index in [0.29, 0.717) is 42.3 Å². The molecule has 0 fully saturated rings. The van der Waals surface area contributed by atoms with Gasteiger partial charge < -0.3 is 13.7 Å². The van der Waals surface area contributed by atoms with Crippen LogP contribution in [0.2, 0.25) is 0 Å². The molecule has 166 valence electrons. The van der Waals surface area contributed by atoms with Crippen molar-refractivity contribution in [2.75, 3.05) is 34.5 Å². The minimum Gasteiger partial charge on any atom is -0.308 e. The van der Waals surface area contributed by atoms with E-state index in [2.05, 4.69) is 0 Å². The minimum atomic E-state index is -4.07. The smallest absolute Gasteiger partial charge is 0.265 e. The lowest BCUT2D eigenvalue weighted by molar-refractivity contribution is 0.327. The summed E-state index contributed by atoms with van der Waals surface area (Å²) in [6.07, 6.45) is 1.36. The van der Waals surface area contributed by atoms with Crippen LogP contribution < -0.4 is 0 Å². The summed E-state index contributed by atoms with van der Waals surface area (Å²) in [4.78, 5) is 0. The van der Waals surface area contributed by atoms with Crippen LogP contribution in [0, 0.1) is 10.8 Å². The normalized spacial score (nSPS) is 16.9. The van der Waals surface area contributed by atoms with Crippen LogP contribution in [0.5, 0.6) is 0 Å². The van der Waals surface area contributed by atoms with Gasteiger partial charge in [-0.2, -0.15) is 8.42 Å². The van der Waals surface area contributed by atoms with Gasteiger partial charge in [0.1, 0.15) is 0 Å². The third kappa shape index (κ3) is 17.0. The zero-order chi connectivity index (χ0) is 21.5. The maximum atomic E-state index is 12.0. The first-order valence-electron chi connectivity index (χ1n) is 8.54. The summed E-state index contributed by atoms with van der Waals surface area (Å²) in [7, 11) is -9.93. The molecule has 0 amide bonds. The predicted molar refractivity (Wildman–Crippen MR) is 114 cm³/mol. The van der Waals surface area contributed by atoms with Crippen molar-refractivity contribution < 1.29 is 35.0 Å². The van der Waals surface area contributed by atoms with Crippen molar-refractivity contribution in [2.24, 2.45) is 10.8 Å². The van der Waals surface area contributed by atoms with Crippen LogP contribution in [-0.2, 0) is 31.7 Å². The van der Waals surface area contributed by atoms with E-state index in [-0.39, 0.29) is 11.5 Å². The van der Waals surface area contributed by atoms with Gasteiger partial charge in [-0.05, 0) is 30.1 Å². The average molecular weight is 471 g/mol. The maximum absolute atomic E-state index is 12.0. The highest BCUT2D eigenvalue weighted by Crippen LogP contribution is 2.41. The van der Waals surface area contributed by atoms with Gasteiger partial charge in [0.2, 0.25) is 0 Å². The first-order valence-corrected chi connectivity index (χ1v) is 14.8. The average Bonchev–Trinajstić information content (AvgIpc) is 2.38. The third-order valence-electron chi connectivity index (χ3n) is 3.91. The maximum Gasteiger partial charge on any atom is 0.265 e. The predicted octanol–water partition coefficient (Wildman–Crippen LogP) is 2.82. The van der Waals surface area contributed by atoms with Crippen LogP contribution in [0.4, 0.5) is 0 Å². The molecule has 0 bridgehead atoms. The van der Waals surface area contributed by atoms with E-state index in [4.69, 9.17) is 18.2 Å². The van der Waals surface area contributed by atoms with Crippen molar-refractivity contribution in [1.82, 2.24) is 0 Å². The Morgan fingerprint density at radius 3 is 1.41 bits per heavy atom. The lowest BCUT2D eigenvalue weighted by Gasteiger charge is -2.31. The summed E-state index contributed by atoms with van der Waals surface area (Å²) in [6, 6.07) is 0. The van der Waals surface area contributed by atoms with Crippen LogP contribution >= 0.6 is 10.9 Å². The lowest BCUT2D eigenvalue weighted by atomic mass is 9.93. The van der Waals surface area contributed by atoms with Crippen LogP contribution in [0.15, 0.2) is 0 Å². The molecule has 2 unspecified atom stereocenters. The highest BCUT2D eigenvalue weighted by atomic mass is 32.3. The van der Waals surface area contributed by atoms with Crippen LogP contribution in [0.1, 0.15) is 47.0 Å². The molecule has 27 heavy (non-hydrogen) atoms. The third-order valence-corrected chi connectivity index (χ3v) is 9.04. The zero-order valence-corrected chi connectivity index (χ0v) is 19.7. The monoisotopic (exact) mass is 470 g/mol. The highest BCUT2D eigenvalue weighted by Gasteiger charge is 2.28. The molecule has 4 N–H and O–H groups in total. The largest absolute Gasteiger partial charge is 0.308 e. The Labute approximate surface area is 169 Å². The molecule has 0 aliphatic carbocycles. The Hall–Kier alpha value is 0.440. The Morgan fingerprint density at radius 2 is 1.07 bits per heavy atom. The van der Waals surface area contributed by atoms with Crippen molar-refractivity contribution in [2.45, 2.75) is 47.0 Å². The highest BCUT2D eigenvalue weighted by molar-refractivity contribution is 8.19. The first kappa shape index (κ1) is 27.4. The fourth-order valence-electron chi connectivity index (χ4n) is 2.53. The number of rotatable bonds is 14. The Balaban J connectivity index is 4.12. The van der Waals surface area contributed by atoms with E-state index in [0.717, 1.165) is 0 Å². The zero-order valence-electron chi connectivity index (χ0n) is 16.4. The molecule has 0 aromatic heterocycles. The lowest BCUT2D eigenvalue weighted by Crippen LogP contribution is -2.26. The Morgan fingerprint density at radius 1 is 0.704 bits per heavy atom.